The first-order valence-corrected chi connectivity index (χ1v) is 45.5. The first kappa shape index (κ1) is 87.0. The number of hydrogen-bond acceptors (Lipinski definition) is 7. The van der Waals surface area contributed by atoms with E-state index in [0.717, 1.165) is 158 Å². The molecule has 7 heteroatoms. The van der Waals surface area contributed by atoms with Gasteiger partial charge in [0, 0.05) is 46.2 Å². The van der Waals surface area contributed by atoms with E-state index in [-0.39, 0.29) is 0 Å². The molecular weight excluding hydrogens is 1230 g/mol. The molecule has 13 aliphatic rings. The summed E-state index contributed by atoms with van der Waals surface area (Å²) in [5.41, 5.74) is 3.72. The van der Waals surface area contributed by atoms with Gasteiger partial charge in [-0.1, -0.05) is 221 Å². The molecule has 0 spiro atoms. The third-order valence-corrected chi connectivity index (χ3v) is 30.9. The van der Waals surface area contributed by atoms with Crippen molar-refractivity contribution >= 4 is 0 Å². The highest BCUT2D eigenvalue weighted by Gasteiger charge is 2.49. The van der Waals surface area contributed by atoms with Crippen LogP contribution in [-0.4, -0.2) is 92.5 Å². The first-order chi connectivity index (χ1) is 48.4. The Morgan fingerprint density at radius 1 is 0.250 bits per heavy atom. The Balaban J connectivity index is 0.000000164. The van der Waals surface area contributed by atoms with Crippen molar-refractivity contribution in [3.8, 4) is 0 Å². The lowest BCUT2D eigenvalue weighted by atomic mass is 9.58. The van der Waals surface area contributed by atoms with E-state index >= 15 is 0 Å². The van der Waals surface area contributed by atoms with Crippen molar-refractivity contribution < 1.29 is 33.2 Å². The summed E-state index contributed by atoms with van der Waals surface area (Å²) in [5, 5.41) is 0. The maximum absolute atomic E-state index is 5.83. The molecular formula is C93H174O7. The zero-order chi connectivity index (χ0) is 71.6. The average Bonchev–Trinajstić information content (AvgIpc) is 1.44. The fraction of sp³-hybridized carbons (Fsp3) is 1.00. The SMILES string of the molecule is CCOCC1(C(C)C)CCCCC1.CCOCC1(C)CC2CCCC2C1.CCOCC1(C)CCC2CCCC21.CCOCC1(C)CCC2CCCCC2C1.CCOCC1(C)CCCC2CCCCC21.CCOCC1(C2CCCCC2)CCCC1.CCOCC1(C2CCCCC2)CCCCC1. The van der Waals surface area contributed by atoms with Gasteiger partial charge in [-0.2, -0.15) is 0 Å². The van der Waals surface area contributed by atoms with E-state index in [1.54, 1.807) is 0 Å². The van der Waals surface area contributed by atoms with E-state index in [2.05, 4.69) is 90.0 Å². The molecule has 100 heavy (non-hydrogen) atoms. The standard InChI is InChI=1S/C15H28O.3C14H26O.2C12H22O.C12H24O/c1-2-16-13-15(11-7-4-8-12-15)14-9-5-3-6-10-14;1-3-15-11-14(2)10-6-8-12-7-4-5-9-13(12)14;1-3-15-11-14(2)9-8-12-6-4-5-7-13(12)10-14;1-2-15-12-14(10-6-7-11-14)13-8-4-3-5-9-13;1-3-13-9-12(2)7-10-5-4-6-11(10)8-12;1-3-13-9-12(2)8-7-10-5-4-6-11(10)12;1-4-13-10-12(11(2)3)8-6-5-7-9-12/h14H,2-13H2,1H3;2*12-13H,3-11H2,1-2H3;13H,2-12H2,1H3;2*10-11H,3-9H2,1-2H3;11H,4-10H2,1-3H3. The molecule has 0 N–H and O–H groups in total. The van der Waals surface area contributed by atoms with Gasteiger partial charge in [0.2, 0.25) is 0 Å². The Hall–Kier alpha value is -0.280. The lowest BCUT2D eigenvalue weighted by molar-refractivity contribution is -0.0426. The highest BCUT2D eigenvalue weighted by atomic mass is 16.5. The van der Waals surface area contributed by atoms with E-state index in [9.17, 15) is 0 Å². The molecule has 0 radical (unpaired) electrons. The Morgan fingerprint density at radius 2 is 0.570 bits per heavy atom. The maximum atomic E-state index is 5.83. The zero-order valence-corrected chi connectivity index (χ0v) is 69.5. The number of hydrogen-bond donors (Lipinski definition) is 0. The van der Waals surface area contributed by atoms with Gasteiger partial charge in [-0.15, -0.1) is 0 Å². The molecule has 13 aliphatic carbocycles. The third kappa shape index (κ3) is 26.5. The number of ether oxygens (including phenoxy) is 7. The van der Waals surface area contributed by atoms with Crippen LogP contribution < -0.4 is 0 Å². The summed E-state index contributed by atoms with van der Waals surface area (Å²) in [6.45, 7) is 42.5. The van der Waals surface area contributed by atoms with Gasteiger partial charge < -0.3 is 33.2 Å². The quantitative estimate of drug-likeness (QED) is 0.0954. The van der Waals surface area contributed by atoms with Gasteiger partial charge in [-0.3, -0.25) is 0 Å². The van der Waals surface area contributed by atoms with E-state index in [0.29, 0.717) is 37.9 Å². The van der Waals surface area contributed by atoms with Gasteiger partial charge in [-0.25, -0.2) is 0 Å². The van der Waals surface area contributed by atoms with Crippen LogP contribution in [0.1, 0.15) is 398 Å². The van der Waals surface area contributed by atoms with Crippen LogP contribution in [0.2, 0.25) is 0 Å². The topological polar surface area (TPSA) is 64.6 Å². The Labute approximate surface area is 623 Å². The molecule has 0 bridgehead atoms. The van der Waals surface area contributed by atoms with Crippen LogP contribution in [0.3, 0.4) is 0 Å². The second-order valence-corrected chi connectivity index (χ2v) is 38.4. The van der Waals surface area contributed by atoms with Gasteiger partial charge in [0.05, 0.1) is 46.2 Å². The van der Waals surface area contributed by atoms with Gasteiger partial charge in [-0.05, 0) is 280 Å². The molecule has 0 saturated heterocycles. The van der Waals surface area contributed by atoms with E-state index in [1.807, 2.05) is 0 Å². The second kappa shape index (κ2) is 45.6. The van der Waals surface area contributed by atoms with Gasteiger partial charge in [0.1, 0.15) is 0 Å². The van der Waals surface area contributed by atoms with Gasteiger partial charge >= 0.3 is 0 Å². The molecule has 0 heterocycles. The zero-order valence-electron chi connectivity index (χ0n) is 69.5. The van der Waals surface area contributed by atoms with Crippen molar-refractivity contribution in [1.82, 2.24) is 0 Å². The van der Waals surface area contributed by atoms with Crippen LogP contribution in [0, 0.1) is 103 Å². The summed E-state index contributed by atoms with van der Waals surface area (Å²) in [5.74, 6) is 10.9. The van der Waals surface area contributed by atoms with Crippen LogP contribution in [0.4, 0.5) is 0 Å². The second-order valence-electron chi connectivity index (χ2n) is 38.4. The highest BCUT2D eigenvalue weighted by Crippen LogP contribution is 2.57. The number of fused-ring (bicyclic) bond motifs is 4. The molecule has 13 rings (SSSR count). The fourth-order valence-electron chi connectivity index (χ4n) is 24.8. The van der Waals surface area contributed by atoms with Crippen LogP contribution in [0.15, 0.2) is 0 Å². The van der Waals surface area contributed by atoms with Crippen LogP contribution in [0.25, 0.3) is 0 Å². The monoisotopic (exact) mass is 1400 g/mol. The fourth-order valence-corrected chi connectivity index (χ4v) is 24.8. The minimum atomic E-state index is 0.495. The largest absolute Gasteiger partial charge is 0.381 e. The molecule has 11 atom stereocenters. The maximum Gasteiger partial charge on any atom is 0.0524 e. The van der Waals surface area contributed by atoms with Crippen molar-refractivity contribution in [2.45, 2.75) is 398 Å². The summed E-state index contributed by atoms with van der Waals surface area (Å²) in [6, 6.07) is 0. The summed E-state index contributed by atoms with van der Waals surface area (Å²) >= 11 is 0. The number of rotatable bonds is 24. The molecule has 0 amide bonds. The predicted molar refractivity (Wildman–Crippen MR) is 427 cm³/mol. The van der Waals surface area contributed by atoms with E-state index in [1.165, 1.54) is 308 Å². The molecule has 0 aliphatic heterocycles. The van der Waals surface area contributed by atoms with Crippen molar-refractivity contribution in [2.75, 3.05) is 92.5 Å². The van der Waals surface area contributed by atoms with Crippen molar-refractivity contribution in [2.24, 2.45) is 103 Å². The van der Waals surface area contributed by atoms with Crippen LogP contribution in [0.5, 0.6) is 0 Å². The molecule has 13 fully saturated rings. The molecule has 7 nitrogen and oxygen atoms in total. The molecule has 11 unspecified atom stereocenters. The average molecular weight is 1400 g/mol. The van der Waals surface area contributed by atoms with E-state index < -0.39 is 0 Å². The molecule has 13 saturated carbocycles. The minimum absolute atomic E-state index is 0.495. The summed E-state index contributed by atoms with van der Waals surface area (Å²) in [7, 11) is 0. The summed E-state index contributed by atoms with van der Waals surface area (Å²) in [4.78, 5) is 0. The van der Waals surface area contributed by atoms with Gasteiger partial charge in [0.25, 0.3) is 0 Å². The Morgan fingerprint density at radius 3 is 1.08 bits per heavy atom. The lowest BCUT2D eigenvalue weighted by Crippen LogP contribution is -2.42. The normalized spacial score (nSPS) is 35.0. The lowest BCUT2D eigenvalue weighted by Gasteiger charge is -2.48. The third-order valence-electron chi connectivity index (χ3n) is 30.9. The van der Waals surface area contributed by atoms with Crippen molar-refractivity contribution in [1.29, 1.82) is 0 Å². The van der Waals surface area contributed by atoms with Crippen LogP contribution >= 0.6 is 0 Å². The molecule has 0 aromatic rings. The van der Waals surface area contributed by atoms with E-state index in [4.69, 9.17) is 33.2 Å². The van der Waals surface area contributed by atoms with Crippen molar-refractivity contribution in [3.63, 3.8) is 0 Å². The first-order valence-electron chi connectivity index (χ1n) is 45.5. The Bertz CT molecular complexity index is 2050. The summed E-state index contributed by atoms with van der Waals surface area (Å²) in [6.07, 6.45) is 69.9. The van der Waals surface area contributed by atoms with Crippen LogP contribution in [-0.2, 0) is 33.2 Å². The predicted octanol–water partition coefficient (Wildman–Crippen LogP) is 26.9. The molecule has 0 aromatic heterocycles. The summed E-state index contributed by atoms with van der Waals surface area (Å²) < 4.78 is 39.8. The molecule has 0 aromatic carbocycles. The smallest absolute Gasteiger partial charge is 0.0524 e. The highest BCUT2D eigenvalue weighted by molar-refractivity contribution is 4.99. The Kier molecular flexibility index (Phi) is 39.7. The minimum Gasteiger partial charge on any atom is -0.381 e. The van der Waals surface area contributed by atoms with Crippen molar-refractivity contribution in [3.05, 3.63) is 0 Å². The molecule has 588 valence electrons. The van der Waals surface area contributed by atoms with Gasteiger partial charge in [0.15, 0.2) is 0 Å².